The summed E-state index contributed by atoms with van der Waals surface area (Å²) in [6.07, 6.45) is 0. The van der Waals surface area contributed by atoms with Crippen LogP contribution in [0.1, 0.15) is 28.9 Å². The maximum Gasteiger partial charge on any atom is 0.319 e. The van der Waals surface area contributed by atoms with Crippen LogP contribution in [0.5, 0.6) is 0 Å². The van der Waals surface area contributed by atoms with Crippen LogP contribution < -0.4 is 10.6 Å². The zero-order chi connectivity index (χ0) is 20.1. The van der Waals surface area contributed by atoms with Gasteiger partial charge in [-0.25, -0.2) is 4.79 Å². The van der Waals surface area contributed by atoms with E-state index < -0.39 is 6.03 Å². The molecular weight excluding hydrogens is 401 g/mol. The average molecular weight is 422 g/mol. The Kier molecular flexibility index (Phi) is 6.78. The minimum absolute atomic E-state index is 0.131. The Morgan fingerprint density at radius 2 is 1.82 bits per heavy atom. The Hall–Kier alpha value is -2.28. The van der Waals surface area contributed by atoms with Gasteiger partial charge in [0.1, 0.15) is 0 Å². The number of carbonyl (C=O) groups excluding carboxylic acids is 2. The molecule has 3 rings (SSSR count). The molecule has 2 aromatic rings. The molecule has 1 aliphatic rings. The number of ether oxygens (including phenoxy) is 1. The van der Waals surface area contributed by atoms with Crippen molar-refractivity contribution in [1.29, 1.82) is 0 Å². The number of halogens is 2. The molecule has 8 heteroatoms. The van der Waals surface area contributed by atoms with Gasteiger partial charge in [-0.15, -0.1) is 0 Å². The van der Waals surface area contributed by atoms with Gasteiger partial charge in [0, 0.05) is 23.1 Å². The van der Waals surface area contributed by atoms with Crippen molar-refractivity contribution in [1.82, 2.24) is 10.2 Å². The van der Waals surface area contributed by atoms with E-state index in [1.807, 2.05) is 6.92 Å². The summed E-state index contributed by atoms with van der Waals surface area (Å²) in [4.78, 5) is 27.0. The van der Waals surface area contributed by atoms with Crippen LogP contribution in [0.2, 0.25) is 10.0 Å². The highest BCUT2D eigenvalue weighted by Gasteiger charge is 2.22. The second kappa shape index (κ2) is 9.28. The molecule has 0 saturated carbocycles. The van der Waals surface area contributed by atoms with Crippen molar-refractivity contribution in [2.75, 3.05) is 31.6 Å². The standard InChI is InChI=1S/C20H21Cl2N3O3/c1-13(15-7-6-14(21)12-17(15)22)23-20(27)24-18-5-3-2-4-16(18)19(26)25-8-10-28-11-9-25/h2-7,12-13H,8-11H2,1H3,(H2,23,24,27). The molecule has 28 heavy (non-hydrogen) atoms. The lowest BCUT2D eigenvalue weighted by Crippen LogP contribution is -2.41. The second-order valence-corrected chi connectivity index (χ2v) is 7.28. The number of hydrogen-bond acceptors (Lipinski definition) is 3. The molecule has 6 nitrogen and oxygen atoms in total. The van der Waals surface area contributed by atoms with E-state index in [9.17, 15) is 9.59 Å². The molecule has 3 amide bonds. The van der Waals surface area contributed by atoms with Gasteiger partial charge < -0.3 is 20.3 Å². The van der Waals surface area contributed by atoms with Gasteiger partial charge >= 0.3 is 6.03 Å². The van der Waals surface area contributed by atoms with Crippen LogP contribution in [0.15, 0.2) is 42.5 Å². The van der Waals surface area contributed by atoms with E-state index in [1.54, 1.807) is 47.4 Å². The third-order valence-electron chi connectivity index (χ3n) is 4.48. The molecule has 1 fully saturated rings. The molecule has 0 radical (unpaired) electrons. The first-order valence-corrected chi connectivity index (χ1v) is 9.70. The first kappa shape index (κ1) is 20.5. The molecule has 0 bridgehead atoms. The van der Waals surface area contributed by atoms with Crippen molar-refractivity contribution in [3.8, 4) is 0 Å². The fourth-order valence-electron chi connectivity index (χ4n) is 3.00. The van der Waals surface area contributed by atoms with Crippen LogP contribution >= 0.6 is 23.2 Å². The van der Waals surface area contributed by atoms with Crippen molar-refractivity contribution in [3.63, 3.8) is 0 Å². The number of nitrogens with zero attached hydrogens (tertiary/aromatic N) is 1. The van der Waals surface area contributed by atoms with Crippen LogP contribution in [0.4, 0.5) is 10.5 Å². The maximum atomic E-state index is 12.8. The number of carbonyl (C=O) groups is 2. The molecule has 1 saturated heterocycles. The lowest BCUT2D eigenvalue weighted by atomic mass is 10.1. The first-order chi connectivity index (χ1) is 13.5. The fraction of sp³-hybridized carbons (Fsp3) is 0.300. The van der Waals surface area contributed by atoms with Crippen molar-refractivity contribution in [3.05, 3.63) is 63.6 Å². The monoisotopic (exact) mass is 421 g/mol. The minimum Gasteiger partial charge on any atom is -0.378 e. The summed E-state index contributed by atoms with van der Waals surface area (Å²) in [6, 6.07) is 11.3. The molecular formula is C20H21Cl2N3O3. The zero-order valence-electron chi connectivity index (χ0n) is 15.4. The summed E-state index contributed by atoms with van der Waals surface area (Å²) in [5.74, 6) is -0.131. The number of urea groups is 1. The van der Waals surface area contributed by atoms with Gasteiger partial charge in [0.25, 0.3) is 5.91 Å². The molecule has 0 spiro atoms. The minimum atomic E-state index is -0.430. The van der Waals surface area contributed by atoms with Crippen molar-refractivity contribution in [2.24, 2.45) is 0 Å². The second-order valence-electron chi connectivity index (χ2n) is 6.44. The largest absolute Gasteiger partial charge is 0.378 e. The average Bonchev–Trinajstić information content (AvgIpc) is 2.68. The summed E-state index contributed by atoms with van der Waals surface area (Å²) < 4.78 is 5.29. The van der Waals surface area contributed by atoms with Crippen LogP contribution in [0, 0.1) is 0 Å². The van der Waals surface area contributed by atoms with Crippen LogP contribution in [-0.2, 0) is 4.74 Å². The highest BCUT2D eigenvalue weighted by atomic mass is 35.5. The predicted octanol–water partition coefficient (Wildman–Crippen LogP) is 4.35. The van der Waals surface area contributed by atoms with Crippen LogP contribution in [-0.4, -0.2) is 43.1 Å². The van der Waals surface area contributed by atoms with Crippen LogP contribution in [0.3, 0.4) is 0 Å². The maximum absolute atomic E-state index is 12.8. The van der Waals surface area contributed by atoms with Crippen LogP contribution in [0.25, 0.3) is 0 Å². The number of amides is 3. The Morgan fingerprint density at radius 3 is 2.54 bits per heavy atom. The fourth-order valence-corrected chi connectivity index (χ4v) is 3.57. The topological polar surface area (TPSA) is 70.7 Å². The summed E-state index contributed by atoms with van der Waals surface area (Å²) >= 11 is 12.1. The quantitative estimate of drug-likeness (QED) is 0.770. The lowest BCUT2D eigenvalue weighted by molar-refractivity contribution is 0.0303. The van der Waals surface area contributed by atoms with E-state index in [0.717, 1.165) is 5.56 Å². The van der Waals surface area contributed by atoms with Crippen molar-refractivity contribution < 1.29 is 14.3 Å². The molecule has 0 aromatic heterocycles. The Morgan fingerprint density at radius 1 is 1.11 bits per heavy atom. The summed E-state index contributed by atoms with van der Waals surface area (Å²) in [5.41, 5.74) is 1.64. The van der Waals surface area contributed by atoms with E-state index >= 15 is 0 Å². The van der Waals surface area contributed by atoms with E-state index in [4.69, 9.17) is 27.9 Å². The Labute approximate surface area is 173 Å². The number of benzene rings is 2. The highest BCUT2D eigenvalue weighted by molar-refractivity contribution is 6.35. The first-order valence-electron chi connectivity index (χ1n) is 8.94. The molecule has 148 valence electrons. The number of morpholine rings is 1. The number of rotatable bonds is 4. The lowest BCUT2D eigenvalue weighted by Gasteiger charge is -2.27. The number of para-hydroxylation sites is 1. The summed E-state index contributed by atoms with van der Waals surface area (Å²) in [7, 11) is 0. The Bertz CT molecular complexity index is 870. The molecule has 0 aliphatic carbocycles. The summed E-state index contributed by atoms with van der Waals surface area (Å²) in [5, 5.41) is 6.60. The van der Waals surface area contributed by atoms with E-state index in [-0.39, 0.29) is 11.9 Å². The molecule has 1 aliphatic heterocycles. The number of anilines is 1. The number of hydrogen-bond donors (Lipinski definition) is 2. The molecule has 1 unspecified atom stereocenters. The highest BCUT2D eigenvalue weighted by Crippen LogP contribution is 2.26. The normalized spacial score (nSPS) is 15.0. The number of nitrogens with one attached hydrogen (secondary N) is 2. The van der Waals surface area contributed by atoms with Gasteiger partial charge in [0.15, 0.2) is 0 Å². The van der Waals surface area contributed by atoms with Gasteiger partial charge in [0.2, 0.25) is 0 Å². The zero-order valence-corrected chi connectivity index (χ0v) is 16.9. The molecule has 1 heterocycles. The SMILES string of the molecule is CC(NC(=O)Nc1ccccc1C(=O)N1CCOCC1)c1ccc(Cl)cc1Cl. The molecule has 2 N–H and O–H groups in total. The molecule has 2 aromatic carbocycles. The van der Waals surface area contributed by atoms with Gasteiger partial charge in [-0.3, -0.25) is 4.79 Å². The third kappa shape index (κ3) is 4.95. The summed E-state index contributed by atoms with van der Waals surface area (Å²) in [6.45, 7) is 3.92. The van der Waals surface area contributed by atoms with Gasteiger partial charge in [-0.2, -0.15) is 0 Å². The van der Waals surface area contributed by atoms with Crippen molar-refractivity contribution >= 4 is 40.8 Å². The van der Waals surface area contributed by atoms with Gasteiger partial charge in [-0.05, 0) is 36.8 Å². The van der Waals surface area contributed by atoms with E-state index in [2.05, 4.69) is 10.6 Å². The van der Waals surface area contributed by atoms with Crippen molar-refractivity contribution in [2.45, 2.75) is 13.0 Å². The van der Waals surface area contributed by atoms with E-state index in [0.29, 0.717) is 47.6 Å². The van der Waals surface area contributed by atoms with Gasteiger partial charge in [-0.1, -0.05) is 41.4 Å². The third-order valence-corrected chi connectivity index (χ3v) is 5.04. The smallest absolute Gasteiger partial charge is 0.319 e. The Balaban J connectivity index is 1.69. The van der Waals surface area contributed by atoms with Gasteiger partial charge in [0.05, 0.1) is 30.5 Å². The van der Waals surface area contributed by atoms with E-state index in [1.165, 1.54) is 0 Å². The molecule has 1 atom stereocenters. The predicted molar refractivity (Wildman–Crippen MR) is 110 cm³/mol.